The van der Waals surface area contributed by atoms with E-state index in [0.29, 0.717) is 17.4 Å². The van der Waals surface area contributed by atoms with Crippen LogP contribution in [-0.2, 0) is 16.3 Å². The van der Waals surface area contributed by atoms with Crippen LogP contribution in [0.1, 0.15) is 11.3 Å². The summed E-state index contributed by atoms with van der Waals surface area (Å²) in [4.78, 5) is 5.21. The molecule has 2 heterocycles. The Hall–Kier alpha value is -0.130. The molecular weight excluding hydrogens is 266 g/mol. The van der Waals surface area contributed by atoms with Crippen LogP contribution in [0.4, 0.5) is 0 Å². The largest absolute Gasteiger partial charge is 0.253 e. The fourth-order valence-electron chi connectivity index (χ4n) is 2.14. The van der Waals surface area contributed by atoms with Crippen LogP contribution in [0.15, 0.2) is 11.7 Å². The van der Waals surface area contributed by atoms with E-state index < -0.39 is 9.84 Å². The first-order valence-corrected chi connectivity index (χ1v) is 8.48. The number of sulfone groups is 1. The van der Waals surface area contributed by atoms with Gasteiger partial charge in [0.25, 0.3) is 0 Å². The SMILES string of the molecule is O=S1(=O)CCC(C(CCl)Cc2cncs2)C1. The first-order chi connectivity index (χ1) is 7.61. The molecule has 1 saturated heterocycles. The van der Waals surface area contributed by atoms with Crippen molar-refractivity contribution in [2.45, 2.75) is 12.8 Å². The van der Waals surface area contributed by atoms with Gasteiger partial charge in [-0.1, -0.05) is 0 Å². The Bertz CT molecular complexity index is 430. The second kappa shape index (κ2) is 5.02. The quantitative estimate of drug-likeness (QED) is 0.792. The number of alkyl halides is 1. The van der Waals surface area contributed by atoms with Gasteiger partial charge >= 0.3 is 0 Å². The van der Waals surface area contributed by atoms with E-state index in [4.69, 9.17) is 11.6 Å². The number of hydrogen-bond acceptors (Lipinski definition) is 4. The second-order valence-corrected chi connectivity index (χ2v) is 7.76. The first-order valence-electron chi connectivity index (χ1n) is 5.24. The van der Waals surface area contributed by atoms with Gasteiger partial charge < -0.3 is 0 Å². The van der Waals surface area contributed by atoms with E-state index in [-0.39, 0.29) is 11.8 Å². The Labute approximate surface area is 105 Å². The number of nitrogens with zero attached hydrogens (tertiary/aromatic N) is 1. The maximum atomic E-state index is 11.4. The third-order valence-corrected chi connectivity index (χ3v) is 6.07. The second-order valence-electron chi connectivity index (χ2n) is 4.25. The summed E-state index contributed by atoms with van der Waals surface area (Å²) < 4.78 is 22.8. The minimum Gasteiger partial charge on any atom is -0.253 e. The number of aromatic nitrogens is 1. The molecule has 90 valence electrons. The van der Waals surface area contributed by atoms with Crippen molar-refractivity contribution in [2.75, 3.05) is 17.4 Å². The molecule has 1 aromatic rings. The summed E-state index contributed by atoms with van der Waals surface area (Å²) in [6.07, 6.45) is 3.46. The minimum absolute atomic E-state index is 0.226. The van der Waals surface area contributed by atoms with Gasteiger partial charge in [0.2, 0.25) is 0 Å². The molecule has 0 aliphatic carbocycles. The van der Waals surface area contributed by atoms with E-state index in [1.807, 2.05) is 6.20 Å². The molecule has 1 aliphatic rings. The van der Waals surface area contributed by atoms with E-state index in [9.17, 15) is 8.42 Å². The summed E-state index contributed by atoms with van der Waals surface area (Å²) in [5.41, 5.74) is 1.80. The normalized spacial score (nSPS) is 25.7. The van der Waals surface area contributed by atoms with E-state index >= 15 is 0 Å². The standard InChI is InChI=1S/C10H14ClNO2S2/c11-4-9(3-10-5-12-7-15-10)8-1-2-16(13,14)6-8/h5,7-9H,1-4,6H2. The average Bonchev–Trinajstić information content (AvgIpc) is 2.83. The van der Waals surface area contributed by atoms with Crippen LogP contribution in [0.5, 0.6) is 0 Å². The third kappa shape index (κ3) is 2.96. The molecule has 6 heteroatoms. The minimum atomic E-state index is -2.80. The van der Waals surface area contributed by atoms with Gasteiger partial charge in [-0.05, 0) is 24.7 Å². The van der Waals surface area contributed by atoms with Crippen molar-refractivity contribution in [3.63, 3.8) is 0 Å². The molecule has 3 nitrogen and oxygen atoms in total. The summed E-state index contributed by atoms with van der Waals surface area (Å²) in [5, 5.41) is 0. The average molecular weight is 280 g/mol. The zero-order valence-corrected chi connectivity index (χ0v) is 11.2. The van der Waals surface area contributed by atoms with Gasteiger partial charge in [0, 0.05) is 17.0 Å². The van der Waals surface area contributed by atoms with Crippen LogP contribution in [0, 0.1) is 11.8 Å². The molecule has 2 atom stereocenters. The molecule has 0 aromatic carbocycles. The van der Waals surface area contributed by atoms with Crippen LogP contribution < -0.4 is 0 Å². The Morgan fingerprint density at radius 1 is 1.62 bits per heavy atom. The first kappa shape index (κ1) is 12.3. The summed E-state index contributed by atoms with van der Waals surface area (Å²) in [7, 11) is -2.80. The van der Waals surface area contributed by atoms with Gasteiger partial charge in [-0.15, -0.1) is 22.9 Å². The highest BCUT2D eigenvalue weighted by Gasteiger charge is 2.33. The maximum Gasteiger partial charge on any atom is 0.150 e. The molecule has 0 saturated carbocycles. The molecule has 1 aromatic heterocycles. The molecule has 0 spiro atoms. The highest BCUT2D eigenvalue weighted by molar-refractivity contribution is 7.91. The number of rotatable bonds is 4. The Morgan fingerprint density at radius 3 is 2.94 bits per heavy atom. The van der Waals surface area contributed by atoms with E-state index in [1.54, 1.807) is 16.8 Å². The van der Waals surface area contributed by atoms with Gasteiger partial charge in [0.05, 0.1) is 17.0 Å². The third-order valence-electron chi connectivity index (χ3n) is 3.08. The molecule has 1 fully saturated rings. The van der Waals surface area contributed by atoms with E-state index in [1.165, 1.54) is 4.88 Å². The van der Waals surface area contributed by atoms with Crippen LogP contribution >= 0.6 is 22.9 Å². The van der Waals surface area contributed by atoms with Gasteiger partial charge in [0.1, 0.15) is 0 Å². The van der Waals surface area contributed by atoms with Crippen LogP contribution in [-0.4, -0.2) is 30.8 Å². The van der Waals surface area contributed by atoms with Gasteiger partial charge in [-0.25, -0.2) is 8.42 Å². The highest BCUT2D eigenvalue weighted by atomic mass is 35.5. The summed E-state index contributed by atoms with van der Waals surface area (Å²) in [5.74, 6) is 1.65. The van der Waals surface area contributed by atoms with Gasteiger partial charge in [-0.2, -0.15) is 0 Å². The molecular formula is C10H14ClNO2S2. The molecule has 0 amide bonds. The summed E-state index contributed by atoms with van der Waals surface area (Å²) in [6, 6.07) is 0. The lowest BCUT2D eigenvalue weighted by atomic mass is 9.90. The Morgan fingerprint density at radius 2 is 2.44 bits per heavy atom. The molecule has 2 rings (SSSR count). The molecule has 0 radical (unpaired) electrons. The lowest BCUT2D eigenvalue weighted by molar-refractivity contribution is 0.400. The monoisotopic (exact) mass is 279 g/mol. The van der Waals surface area contributed by atoms with Crippen molar-refractivity contribution >= 4 is 32.8 Å². The van der Waals surface area contributed by atoms with Crippen LogP contribution in [0.25, 0.3) is 0 Å². The molecule has 0 bridgehead atoms. The highest BCUT2D eigenvalue weighted by Crippen LogP contribution is 2.30. The van der Waals surface area contributed by atoms with Gasteiger partial charge in [-0.3, -0.25) is 4.98 Å². The maximum absolute atomic E-state index is 11.4. The molecule has 2 unspecified atom stereocenters. The number of halogens is 1. The zero-order chi connectivity index (χ0) is 11.6. The predicted molar refractivity (Wildman–Crippen MR) is 66.8 cm³/mol. The molecule has 0 N–H and O–H groups in total. The van der Waals surface area contributed by atoms with Crippen molar-refractivity contribution in [1.29, 1.82) is 0 Å². The number of thiazole rings is 1. The Kier molecular flexibility index (Phi) is 3.87. The zero-order valence-electron chi connectivity index (χ0n) is 8.80. The Balaban J connectivity index is 2.01. The summed E-state index contributed by atoms with van der Waals surface area (Å²) >= 11 is 7.55. The lowest BCUT2D eigenvalue weighted by Gasteiger charge is -2.18. The summed E-state index contributed by atoms with van der Waals surface area (Å²) in [6.45, 7) is 0. The predicted octanol–water partition coefficient (Wildman–Crippen LogP) is 1.98. The van der Waals surface area contributed by atoms with Crippen molar-refractivity contribution < 1.29 is 8.42 Å². The molecule has 16 heavy (non-hydrogen) atoms. The van der Waals surface area contributed by atoms with Crippen LogP contribution in [0.3, 0.4) is 0 Å². The van der Waals surface area contributed by atoms with Crippen molar-refractivity contribution in [2.24, 2.45) is 11.8 Å². The lowest BCUT2D eigenvalue weighted by Crippen LogP contribution is -2.19. The van der Waals surface area contributed by atoms with Crippen molar-refractivity contribution in [3.8, 4) is 0 Å². The smallest absolute Gasteiger partial charge is 0.150 e. The van der Waals surface area contributed by atoms with E-state index in [2.05, 4.69) is 4.98 Å². The fraction of sp³-hybridized carbons (Fsp3) is 0.700. The number of hydrogen-bond donors (Lipinski definition) is 0. The fourth-order valence-corrected chi connectivity index (χ4v) is 5.11. The van der Waals surface area contributed by atoms with Crippen molar-refractivity contribution in [3.05, 3.63) is 16.6 Å². The molecule has 1 aliphatic heterocycles. The van der Waals surface area contributed by atoms with Crippen LogP contribution in [0.2, 0.25) is 0 Å². The van der Waals surface area contributed by atoms with Crippen molar-refractivity contribution in [1.82, 2.24) is 4.98 Å². The topological polar surface area (TPSA) is 47.0 Å². The van der Waals surface area contributed by atoms with Gasteiger partial charge in [0.15, 0.2) is 9.84 Å². The van der Waals surface area contributed by atoms with E-state index in [0.717, 1.165) is 12.8 Å².